The van der Waals surface area contributed by atoms with E-state index in [9.17, 15) is 5.11 Å². The molecule has 0 bridgehead atoms. The molecule has 1 atom stereocenters. The van der Waals surface area contributed by atoms with E-state index in [1.807, 2.05) is 56.3 Å². The van der Waals surface area contributed by atoms with E-state index < -0.39 is 5.60 Å². The number of hydrogen-bond acceptors (Lipinski definition) is 1. The predicted molar refractivity (Wildman–Crippen MR) is 76.0 cm³/mol. The molecule has 1 N–H and O–H groups in total. The largest absolute Gasteiger partial charge is 0.381 e. The molecule has 0 aromatic heterocycles. The summed E-state index contributed by atoms with van der Waals surface area (Å²) in [5, 5.41) is 11.5. The second-order valence-electron chi connectivity index (χ2n) is 4.85. The van der Waals surface area contributed by atoms with Gasteiger partial charge in [0.25, 0.3) is 0 Å². The molecule has 0 aliphatic rings. The molecule has 2 rings (SSSR count). The Labute approximate surface area is 113 Å². The molecule has 1 unspecified atom stereocenters. The third-order valence-electron chi connectivity index (χ3n) is 3.40. The summed E-state index contributed by atoms with van der Waals surface area (Å²) in [5.41, 5.74) is 2.78. The van der Waals surface area contributed by atoms with Crippen LogP contribution in [0.1, 0.15) is 29.2 Å². The van der Waals surface area contributed by atoms with Crippen molar-refractivity contribution in [2.24, 2.45) is 0 Å². The quantitative estimate of drug-likeness (QED) is 0.858. The third-order valence-corrected chi connectivity index (χ3v) is 3.81. The normalized spacial score (nSPS) is 14.3. The number of aliphatic hydroxyl groups is 1. The van der Waals surface area contributed by atoms with Crippen LogP contribution in [0.3, 0.4) is 0 Å². The van der Waals surface area contributed by atoms with Gasteiger partial charge in [-0.2, -0.15) is 0 Å². The molecule has 0 saturated carbocycles. The lowest BCUT2D eigenvalue weighted by molar-refractivity contribution is 0.102. The molecular formula is C16H17ClO. The van der Waals surface area contributed by atoms with Crippen LogP contribution in [0, 0.1) is 13.8 Å². The maximum absolute atomic E-state index is 10.8. The van der Waals surface area contributed by atoms with Crippen LogP contribution >= 0.6 is 11.6 Å². The Morgan fingerprint density at radius 3 is 2.28 bits per heavy atom. The Hall–Kier alpha value is -1.31. The zero-order valence-corrected chi connectivity index (χ0v) is 11.6. The maximum atomic E-state index is 10.8. The number of hydrogen-bond donors (Lipinski definition) is 1. The average Bonchev–Trinajstić information content (AvgIpc) is 2.33. The lowest BCUT2D eigenvalue weighted by Crippen LogP contribution is -2.23. The minimum atomic E-state index is -1.03. The van der Waals surface area contributed by atoms with E-state index >= 15 is 0 Å². The Kier molecular flexibility index (Phi) is 3.47. The monoisotopic (exact) mass is 260 g/mol. The highest BCUT2D eigenvalue weighted by Gasteiger charge is 2.27. The van der Waals surface area contributed by atoms with Crippen molar-refractivity contribution in [3.8, 4) is 0 Å². The molecule has 0 aliphatic heterocycles. The highest BCUT2D eigenvalue weighted by molar-refractivity contribution is 6.31. The first-order valence-electron chi connectivity index (χ1n) is 5.98. The summed E-state index contributed by atoms with van der Waals surface area (Å²) in [6.07, 6.45) is 0. The van der Waals surface area contributed by atoms with Crippen molar-refractivity contribution in [3.05, 3.63) is 69.7 Å². The lowest BCUT2D eigenvalue weighted by Gasteiger charge is -2.26. The molecule has 2 heteroatoms. The summed E-state index contributed by atoms with van der Waals surface area (Å²) in [5.74, 6) is 0. The van der Waals surface area contributed by atoms with Crippen molar-refractivity contribution in [2.75, 3.05) is 0 Å². The Morgan fingerprint density at radius 2 is 1.67 bits per heavy atom. The number of aryl methyl sites for hydroxylation is 2. The number of rotatable bonds is 2. The Morgan fingerprint density at radius 1 is 1.00 bits per heavy atom. The molecule has 18 heavy (non-hydrogen) atoms. The van der Waals surface area contributed by atoms with E-state index in [2.05, 4.69) is 0 Å². The van der Waals surface area contributed by atoms with Gasteiger partial charge in [0.1, 0.15) is 5.60 Å². The molecular weight excluding hydrogens is 244 g/mol. The number of halogens is 1. The molecule has 2 aromatic carbocycles. The van der Waals surface area contributed by atoms with Crippen molar-refractivity contribution >= 4 is 11.6 Å². The fourth-order valence-corrected chi connectivity index (χ4v) is 2.35. The van der Waals surface area contributed by atoms with Crippen molar-refractivity contribution in [2.45, 2.75) is 26.4 Å². The highest BCUT2D eigenvalue weighted by Crippen LogP contribution is 2.33. The highest BCUT2D eigenvalue weighted by atomic mass is 35.5. The van der Waals surface area contributed by atoms with Crippen LogP contribution in [0.25, 0.3) is 0 Å². The first kappa shape index (κ1) is 13.1. The van der Waals surface area contributed by atoms with Crippen LogP contribution in [0.4, 0.5) is 0 Å². The maximum Gasteiger partial charge on any atom is 0.112 e. The van der Waals surface area contributed by atoms with Crippen molar-refractivity contribution in [1.29, 1.82) is 0 Å². The van der Waals surface area contributed by atoms with Gasteiger partial charge in [-0.05, 0) is 49.1 Å². The molecule has 0 radical (unpaired) electrons. The van der Waals surface area contributed by atoms with Crippen LogP contribution in [-0.4, -0.2) is 5.11 Å². The molecule has 1 nitrogen and oxygen atoms in total. The zero-order chi connectivity index (χ0) is 13.3. The molecule has 0 heterocycles. The van der Waals surface area contributed by atoms with Gasteiger partial charge in [0.2, 0.25) is 0 Å². The standard InChI is InChI=1S/C16H17ClO/c1-11-6-4-5-7-14(11)16(3,18)13-9-8-12(2)15(17)10-13/h4-10,18H,1-3H3. The van der Waals surface area contributed by atoms with Gasteiger partial charge in [-0.1, -0.05) is 48.0 Å². The molecule has 0 aliphatic carbocycles. The van der Waals surface area contributed by atoms with Crippen molar-refractivity contribution in [1.82, 2.24) is 0 Å². The minimum Gasteiger partial charge on any atom is -0.381 e. The van der Waals surface area contributed by atoms with Crippen molar-refractivity contribution in [3.63, 3.8) is 0 Å². The van der Waals surface area contributed by atoms with Gasteiger partial charge in [0.15, 0.2) is 0 Å². The SMILES string of the molecule is Cc1ccc(C(C)(O)c2ccccc2C)cc1Cl. The van der Waals surface area contributed by atoms with E-state index in [0.717, 1.165) is 22.3 Å². The summed E-state index contributed by atoms with van der Waals surface area (Å²) in [4.78, 5) is 0. The smallest absolute Gasteiger partial charge is 0.112 e. The second-order valence-corrected chi connectivity index (χ2v) is 5.26. The summed E-state index contributed by atoms with van der Waals surface area (Å²) in [6, 6.07) is 13.5. The van der Waals surface area contributed by atoms with Crippen LogP contribution < -0.4 is 0 Å². The molecule has 0 fully saturated rings. The molecule has 0 spiro atoms. The van der Waals surface area contributed by atoms with Crippen LogP contribution in [0.5, 0.6) is 0 Å². The third kappa shape index (κ3) is 2.29. The van der Waals surface area contributed by atoms with Gasteiger partial charge >= 0.3 is 0 Å². The van der Waals surface area contributed by atoms with Gasteiger partial charge in [-0.15, -0.1) is 0 Å². The van der Waals surface area contributed by atoms with Crippen LogP contribution in [-0.2, 0) is 5.60 Å². The second kappa shape index (κ2) is 4.75. The van der Waals surface area contributed by atoms with Gasteiger partial charge < -0.3 is 5.11 Å². The fraction of sp³-hybridized carbons (Fsp3) is 0.250. The fourth-order valence-electron chi connectivity index (χ4n) is 2.17. The van der Waals surface area contributed by atoms with Crippen LogP contribution in [0.15, 0.2) is 42.5 Å². The lowest BCUT2D eigenvalue weighted by atomic mass is 9.85. The summed E-state index contributed by atoms with van der Waals surface area (Å²) in [6.45, 7) is 5.75. The van der Waals surface area contributed by atoms with E-state index in [0.29, 0.717) is 5.02 Å². The Balaban J connectivity index is 2.54. The van der Waals surface area contributed by atoms with E-state index in [1.165, 1.54) is 0 Å². The van der Waals surface area contributed by atoms with Gasteiger partial charge in [-0.25, -0.2) is 0 Å². The van der Waals surface area contributed by atoms with E-state index in [-0.39, 0.29) is 0 Å². The van der Waals surface area contributed by atoms with E-state index in [1.54, 1.807) is 6.92 Å². The first-order chi connectivity index (χ1) is 8.43. The molecule has 0 saturated heterocycles. The number of benzene rings is 2. The topological polar surface area (TPSA) is 20.2 Å². The minimum absolute atomic E-state index is 0.682. The first-order valence-corrected chi connectivity index (χ1v) is 6.36. The molecule has 2 aromatic rings. The summed E-state index contributed by atoms with van der Waals surface area (Å²) in [7, 11) is 0. The van der Waals surface area contributed by atoms with Crippen molar-refractivity contribution < 1.29 is 5.11 Å². The van der Waals surface area contributed by atoms with Crippen LogP contribution in [0.2, 0.25) is 5.02 Å². The van der Waals surface area contributed by atoms with Gasteiger partial charge in [0.05, 0.1) is 0 Å². The zero-order valence-electron chi connectivity index (χ0n) is 10.9. The summed E-state index contributed by atoms with van der Waals surface area (Å²) >= 11 is 6.14. The average molecular weight is 261 g/mol. The van der Waals surface area contributed by atoms with Gasteiger partial charge in [-0.3, -0.25) is 0 Å². The predicted octanol–water partition coefficient (Wildman–Crippen LogP) is 4.21. The molecule has 0 amide bonds. The molecule has 94 valence electrons. The van der Waals surface area contributed by atoms with Gasteiger partial charge in [0, 0.05) is 5.02 Å². The Bertz CT molecular complexity index is 573. The van der Waals surface area contributed by atoms with E-state index in [4.69, 9.17) is 11.6 Å². The summed E-state index contributed by atoms with van der Waals surface area (Å²) < 4.78 is 0.